The number of benzene rings is 2. The van der Waals surface area contributed by atoms with E-state index >= 15 is 0 Å². The molecule has 0 unspecified atom stereocenters. The fourth-order valence-electron chi connectivity index (χ4n) is 3.68. The number of carbonyl (C=O) groups is 1. The van der Waals surface area contributed by atoms with Crippen molar-refractivity contribution in [3.63, 3.8) is 0 Å². The molecule has 0 radical (unpaired) electrons. The first-order chi connectivity index (χ1) is 15.1. The molecule has 0 saturated carbocycles. The van der Waals surface area contributed by atoms with E-state index < -0.39 is 29.1 Å². The lowest BCUT2D eigenvalue weighted by molar-refractivity contribution is -0.154. The van der Waals surface area contributed by atoms with Gasteiger partial charge in [-0.1, -0.05) is 40.5 Å². The summed E-state index contributed by atoms with van der Waals surface area (Å²) < 4.78 is 39.6. The number of carbonyl (C=O) groups excluding carboxylic acids is 1. The molecular formula is C21H18Cl2F3N3O3. The highest BCUT2D eigenvalue weighted by Crippen LogP contribution is 2.38. The van der Waals surface area contributed by atoms with E-state index in [-0.39, 0.29) is 5.02 Å². The molecule has 1 N–H and O–H groups in total. The maximum atomic E-state index is 13.2. The van der Waals surface area contributed by atoms with Gasteiger partial charge in [-0.15, -0.1) is 5.06 Å². The van der Waals surface area contributed by atoms with Crippen LogP contribution in [0.1, 0.15) is 30.4 Å². The second-order valence-corrected chi connectivity index (χ2v) is 8.49. The molecule has 0 bridgehead atoms. The normalized spacial score (nSPS) is 18.2. The number of anilines is 1. The summed E-state index contributed by atoms with van der Waals surface area (Å²) in [6.07, 6.45) is -4.01. The number of hydrogen-bond acceptors (Lipinski definition) is 5. The molecule has 0 atom stereocenters. The third-order valence-electron chi connectivity index (χ3n) is 5.39. The molecule has 170 valence electrons. The molecule has 1 fully saturated rings. The summed E-state index contributed by atoms with van der Waals surface area (Å²) in [5.41, 5.74) is -0.236. The zero-order valence-corrected chi connectivity index (χ0v) is 18.1. The predicted molar refractivity (Wildman–Crippen MR) is 114 cm³/mol. The molecule has 2 aromatic carbocycles. The van der Waals surface area contributed by atoms with Crippen molar-refractivity contribution >= 4 is 40.7 Å². The topological polar surface area (TPSA) is 63.2 Å². The van der Waals surface area contributed by atoms with Gasteiger partial charge in [-0.2, -0.15) is 13.2 Å². The molecule has 2 aliphatic heterocycles. The Morgan fingerprint density at radius 2 is 1.75 bits per heavy atom. The number of amides is 1. The quantitative estimate of drug-likeness (QED) is 0.565. The van der Waals surface area contributed by atoms with E-state index in [1.165, 1.54) is 11.1 Å². The van der Waals surface area contributed by atoms with Crippen molar-refractivity contribution in [2.24, 2.45) is 5.16 Å². The highest BCUT2D eigenvalue weighted by molar-refractivity contribution is 6.31. The third kappa shape index (κ3) is 5.11. The minimum atomic E-state index is -4.67. The molecular weight excluding hydrogens is 470 g/mol. The average Bonchev–Trinajstić information content (AvgIpc) is 3.15. The van der Waals surface area contributed by atoms with E-state index in [4.69, 9.17) is 32.9 Å². The van der Waals surface area contributed by atoms with Crippen molar-refractivity contribution in [2.75, 3.05) is 18.4 Å². The van der Waals surface area contributed by atoms with Crippen LogP contribution in [0.3, 0.4) is 0 Å². The maximum absolute atomic E-state index is 13.2. The minimum Gasteiger partial charge on any atom is -0.388 e. The van der Waals surface area contributed by atoms with Gasteiger partial charge in [0.1, 0.15) is 5.60 Å². The van der Waals surface area contributed by atoms with Crippen molar-refractivity contribution in [3.8, 4) is 0 Å². The molecule has 0 aromatic heterocycles. The monoisotopic (exact) mass is 487 g/mol. The first kappa shape index (κ1) is 22.7. The molecule has 2 aromatic rings. The van der Waals surface area contributed by atoms with E-state index in [9.17, 15) is 18.0 Å². The van der Waals surface area contributed by atoms with Crippen LogP contribution < -0.4 is 5.32 Å². The minimum absolute atomic E-state index is 0.0886. The zero-order chi connectivity index (χ0) is 22.9. The largest absolute Gasteiger partial charge is 0.430 e. The smallest absolute Gasteiger partial charge is 0.388 e. The van der Waals surface area contributed by atoms with Crippen LogP contribution in [-0.2, 0) is 15.9 Å². The van der Waals surface area contributed by atoms with Crippen LogP contribution in [-0.4, -0.2) is 35.6 Å². The third-order valence-corrected chi connectivity index (χ3v) is 5.87. The van der Waals surface area contributed by atoms with Gasteiger partial charge in [0.15, 0.2) is 0 Å². The summed E-state index contributed by atoms with van der Waals surface area (Å²) >= 11 is 11.6. The van der Waals surface area contributed by atoms with Gasteiger partial charge in [0, 0.05) is 42.4 Å². The van der Waals surface area contributed by atoms with Crippen molar-refractivity contribution in [3.05, 3.63) is 63.6 Å². The SMILES string of the molecule is O=C(Nc1ccc(Cl)cc1C(F)(F)F)ON1CCC2(CC1)CC(c1ccc(Cl)cc1)=NO2. The Balaban J connectivity index is 1.31. The van der Waals surface area contributed by atoms with E-state index in [2.05, 4.69) is 10.5 Å². The first-order valence-electron chi connectivity index (χ1n) is 9.75. The Labute approximate surface area is 191 Å². The van der Waals surface area contributed by atoms with Gasteiger partial charge in [-0.25, -0.2) is 4.79 Å². The summed E-state index contributed by atoms with van der Waals surface area (Å²) in [5.74, 6) is 0. The molecule has 32 heavy (non-hydrogen) atoms. The Kier molecular flexibility index (Phi) is 6.24. The first-order valence-corrected chi connectivity index (χ1v) is 10.5. The molecule has 2 heterocycles. The molecule has 1 saturated heterocycles. The summed E-state index contributed by atoms with van der Waals surface area (Å²) in [5, 5.41) is 8.29. The van der Waals surface area contributed by atoms with Gasteiger partial charge in [0.2, 0.25) is 0 Å². The number of halogens is 5. The molecule has 4 rings (SSSR count). The van der Waals surface area contributed by atoms with Gasteiger partial charge in [0.25, 0.3) is 0 Å². The van der Waals surface area contributed by atoms with Gasteiger partial charge < -0.3 is 9.68 Å². The Morgan fingerprint density at radius 3 is 2.41 bits per heavy atom. The van der Waals surface area contributed by atoms with E-state index in [0.717, 1.165) is 23.4 Å². The van der Waals surface area contributed by atoms with Crippen LogP contribution in [0.15, 0.2) is 47.6 Å². The summed E-state index contributed by atoms with van der Waals surface area (Å²) in [6, 6.07) is 10.4. The van der Waals surface area contributed by atoms with Crippen molar-refractivity contribution in [1.29, 1.82) is 0 Å². The number of rotatable bonds is 3. The number of piperidine rings is 1. The highest BCUT2D eigenvalue weighted by Gasteiger charge is 2.43. The summed E-state index contributed by atoms with van der Waals surface area (Å²) in [6.45, 7) is 0.702. The van der Waals surface area contributed by atoms with Crippen LogP contribution >= 0.6 is 23.2 Å². The molecule has 2 aliphatic rings. The van der Waals surface area contributed by atoms with Crippen LogP contribution in [0, 0.1) is 0 Å². The molecule has 6 nitrogen and oxygen atoms in total. The maximum Gasteiger partial charge on any atom is 0.430 e. The number of alkyl halides is 3. The van der Waals surface area contributed by atoms with Crippen molar-refractivity contribution < 1.29 is 27.6 Å². The molecule has 0 aliphatic carbocycles. The van der Waals surface area contributed by atoms with Crippen LogP contribution in [0.5, 0.6) is 0 Å². The highest BCUT2D eigenvalue weighted by atomic mass is 35.5. The van der Waals surface area contributed by atoms with E-state index in [0.29, 0.717) is 37.4 Å². The van der Waals surface area contributed by atoms with Crippen LogP contribution in [0.25, 0.3) is 0 Å². The van der Waals surface area contributed by atoms with Crippen molar-refractivity contribution in [2.45, 2.75) is 31.0 Å². The molecule has 1 spiro atoms. The van der Waals surface area contributed by atoms with Crippen LogP contribution in [0.4, 0.5) is 23.7 Å². The van der Waals surface area contributed by atoms with Gasteiger partial charge in [0.05, 0.1) is 17.0 Å². The number of nitrogens with one attached hydrogen (secondary N) is 1. The summed E-state index contributed by atoms with van der Waals surface area (Å²) in [7, 11) is 0. The summed E-state index contributed by atoms with van der Waals surface area (Å²) in [4.78, 5) is 23.1. The predicted octanol–water partition coefficient (Wildman–Crippen LogP) is 6.13. The van der Waals surface area contributed by atoms with Gasteiger partial charge in [-0.05, 0) is 35.9 Å². The number of hydroxylamine groups is 2. The zero-order valence-electron chi connectivity index (χ0n) is 16.6. The second-order valence-electron chi connectivity index (χ2n) is 7.62. The molecule has 1 amide bonds. The average molecular weight is 488 g/mol. The van der Waals surface area contributed by atoms with Crippen LogP contribution in [0.2, 0.25) is 10.0 Å². The lowest BCUT2D eigenvalue weighted by Gasteiger charge is -2.35. The molecule has 11 heteroatoms. The fourth-order valence-corrected chi connectivity index (χ4v) is 3.98. The number of oxime groups is 1. The lowest BCUT2D eigenvalue weighted by atomic mass is 9.86. The van der Waals surface area contributed by atoms with E-state index in [1.54, 1.807) is 12.1 Å². The Morgan fingerprint density at radius 1 is 1.09 bits per heavy atom. The fraction of sp³-hybridized carbons (Fsp3) is 0.333. The number of nitrogens with zero attached hydrogens (tertiary/aromatic N) is 2. The van der Waals surface area contributed by atoms with E-state index in [1.807, 2.05) is 12.1 Å². The lowest BCUT2D eigenvalue weighted by Crippen LogP contribution is -2.45. The van der Waals surface area contributed by atoms with Crippen molar-refractivity contribution in [1.82, 2.24) is 5.06 Å². The Hall–Kier alpha value is -2.49. The number of hydrogen-bond donors (Lipinski definition) is 1. The standard InChI is InChI=1S/C21H18Cl2F3N3O3/c22-14-3-1-13(2-4-14)18-12-20(32-28-18)7-9-29(10-8-20)31-19(30)27-17-6-5-15(23)11-16(17)21(24,25)26/h1-6,11H,7-10,12H2,(H,27,30). The Bertz CT molecular complexity index is 1040. The van der Waals surface area contributed by atoms with Gasteiger partial charge in [-0.3, -0.25) is 5.32 Å². The van der Waals surface area contributed by atoms with Gasteiger partial charge >= 0.3 is 12.3 Å². The second kappa shape index (κ2) is 8.80.